The first kappa shape index (κ1) is 37.1. The van der Waals surface area contributed by atoms with Crippen molar-refractivity contribution in [2.75, 3.05) is 0 Å². The summed E-state index contributed by atoms with van der Waals surface area (Å²) in [5, 5.41) is 13.6. The van der Waals surface area contributed by atoms with Gasteiger partial charge in [0.15, 0.2) is 25.0 Å². The smallest absolute Gasteiger partial charge is 0.192 e. The largest absolute Gasteiger partial charge is 0.415 e. The van der Waals surface area contributed by atoms with Crippen LogP contribution in [0.15, 0.2) is 11.6 Å². The summed E-state index contributed by atoms with van der Waals surface area (Å²) in [7, 11) is -5.95. The molecular weight excluding hydrogens is 593 g/mol. The van der Waals surface area contributed by atoms with Crippen molar-refractivity contribution in [3.05, 3.63) is 11.6 Å². The SMILES string of the molecule is CC(C)O[Si](C)(C)C[C@]1(O)C=C2C[C@@H](O[Si](C)(C)C(C)(C)C)CC[C@]2(C)[C@H]2CC[C@]3(C)[C@@H](O[Si](C)(C)C(C)(C)C)CC[C@H]3[C@@H]21. The molecule has 0 saturated heterocycles. The molecule has 3 saturated carbocycles. The first-order valence-electron chi connectivity index (χ1n) is 18.2. The van der Waals surface area contributed by atoms with Crippen LogP contribution in [0.25, 0.3) is 0 Å². The molecule has 0 unspecified atom stereocenters. The van der Waals surface area contributed by atoms with Crippen LogP contribution in [0.4, 0.5) is 0 Å². The van der Waals surface area contributed by atoms with Gasteiger partial charge in [0.2, 0.25) is 0 Å². The van der Waals surface area contributed by atoms with E-state index in [0.29, 0.717) is 17.9 Å². The summed E-state index contributed by atoms with van der Waals surface area (Å²) in [5.74, 6) is 1.22. The van der Waals surface area contributed by atoms with Crippen LogP contribution in [-0.2, 0) is 13.3 Å². The van der Waals surface area contributed by atoms with Gasteiger partial charge in [-0.1, -0.05) is 67.0 Å². The Morgan fingerprint density at radius 2 is 1.39 bits per heavy atom. The zero-order chi connectivity index (χ0) is 33.5. The van der Waals surface area contributed by atoms with E-state index in [4.69, 9.17) is 13.3 Å². The molecule has 4 aliphatic rings. The molecular formula is C37H72O4Si3. The van der Waals surface area contributed by atoms with E-state index in [0.717, 1.165) is 25.3 Å². The lowest BCUT2D eigenvalue weighted by molar-refractivity contribution is -0.137. The van der Waals surface area contributed by atoms with E-state index in [1.807, 2.05) is 0 Å². The van der Waals surface area contributed by atoms with Crippen molar-refractivity contribution in [1.82, 2.24) is 0 Å². The zero-order valence-electron chi connectivity index (χ0n) is 31.9. The van der Waals surface area contributed by atoms with E-state index in [-0.39, 0.29) is 39.0 Å². The van der Waals surface area contributed by atoms with Crippen molar-refractivity contribution in [3.63, 3.8) is 0 Å². The third-order valence-corrected chi connectivity index (χ3v) is 25.5. The van der Waals surface area contributed by atoms with Gasteiger partial charge in [0.05, 0.1) is 11.7 Å². The summed E-state index contributed by atoms with van der Waals surface area (Å²) in [6.07, 6.45) is 11.1. The van der Waals surface area contributed by atoms with Crippen LogP contribution in [0.1, 0.15) is 114 Å². The van der Waals surface area contributed by atoms with Gasteiger partial charge in [0.1, 0.15) is 0 Å². The summed E-state index contributed by atoms with van der Waals surface area (Å²) in [5.41, 5.74) is 0.885. The van der Waals surface area contributed by atoms with Crippen LogP contribution in [0.5, 0.6) is 0 Å². The molecule has 3 fully saturated rings. The van der Waals surface area contributed by atoms with E-state index in [9.17, 15) is 5.11 Å². The lowest BCUT2D eigenvalue weighted by Crippen LogP contribution is -2.62. The fourth-order valence-electron chi connectivity index (χ4n) is 9.70. The first-order valence-corrected chi connectivity index (χ1v) is 27.1. The summed E-state index contributed by atoms with van der Waals surface area (Å²) in [6, 6.07) is 0.771. The molecule has 0 aliphatic heterocycles. The topological polar surface area (TPSA) is 47.9 Å². The summed E-state index contributed by atoms with van der Waals surface area (Å²) in [4.78, 5) is 0. The number of rotatable bonds is 8. The minimum atomic E-state index is -2.16. The van der Waals surface area contributed by atoms with Gasteiger partial charge in [-0.15, -0.1) is 0 Å². The van der Waals surface area contributed by atoms with E-state index >= 15 is 0 Å². The van der Waals surface area contributed by atoms with Crippen LogP contribution in [0.2, 0.25) is 55.4 Å². The Balaban J connectivity index is 1.74. The molecule has 8 atom stereocenters. The second-order valence-electron chi connectivity index (χ2n) is 20.2. The fraction of sp³-hybridized carbons (Fsp3) is 0.946. The predicted molar refractivity (Wildman–Crippen MR) is 195 cm³/mol. The monoisotopic (exact) mass is 664 g/mol. The van der Waals surface area contributed by atoms with Gasteiger partial charge in [0, 0.05) is 12.2 Å². The lowest BCUT2D eigenvalue weighted by atomic mass is 9.45. The first-order chi connectivity index (χ1) is 19.7. The van der Waals surface area contributed by atoms with Crippen LogP contribution >= 0.6 is 0 Å². The van der Waals surface area contributed by atoms with E-state index in [2.05, 4.69) is 115 Å². The van der Waals surface area contributed by atoms with Crippen molar-refractivity contribution in [2.45, 2.75) is 193 Å². The maximum Gasteiger partial charge on any atom is 0.192 e. The highest BCUT2D eigenvalue weighted by atomic mass is 28.4. The molecule has 0 aromatic carbocycles. The van der Waals surface area contributed by atoms with Gasteiger partial charge in [-0.2, -0.15) is 0 Å². The number of hydrogen-bond donors (Lipinski definition) is 1. The number of aliphatic hydroxyl groups is 1. The van der Waals surface area contributed by atoms with Crippen molar-refractivity contribution in [3.8, 4) is 0 Å². The second kappa shape index (κ2) is 11.7. The Morgan fingerprint density at radius 3 is 1.93 bits per heavy atom. The minimum Gasteiger partial charge on any atom is -0.415 e. The van der Waals surface area contributed by atoms with Gasteiger partial charge in [-0.05, 0) is 143 Å². The number of fused-ring (bicyclic) bond motifs is 5. The van der Waals surface area contributed by atoms with E-state index in [1.165, 1.54) is 31.3 Å². The van der Waals surface area contributed by atoms with Gasteiger partial charge >= 0.3 is 0 Å². The summed E-state index contributed by atoms with van der Waals surface area (Å²) >= 11 is 0. The molecule has 44 heavy (non-hydrogen) atoms. The average Bonchev–Trinajstić information content (AvgIpc) is 3.12. The van der Waals surface area contributed by atoms with Gasteiger partial charge in [-0.25, -0.2) is 0 Å². The van der Waals surface area contributed by atoms with Crippen LogP contribution in [0, 0.1) is 28.6 Å². The lowest BCUT2D eigenvalue weighted by Gasteiger charge is -2.63. The number of hydrogen-bond acceptors (Lipinski definition) is 4. The second-order valence-corrected chi connectivity index (χ2v) is 33.8. The molecule has 0 heterocycles. The van der Waals surface area contributed by atoms with Crippen molar-refractivity contribution in [1.29, 1.82) is 0 Å². The van der Waals surface area contributed by atoms with E-state index < -0.39 is 30.6 Å². The molecule has 7 heteroatoms. The fourth-order valence-corrected chi connectivity index (χ4v) is 15.6. The summed E-state index contributed by atoms with van der Waals surface area (Å²) < 4.78 is 21.0. The predicted octanol–water partition coefficient (Wildman–Crippen LogP) is 10.7. The molecule has 0 radical (unpaired) electrons. The van der Waals surface area contributed by atoms with Gasteiger partial charge in [-0.3, -0.25) is 0 Å². The third kappa shape index (κ3) is 6.74. The Kier molecular flexibility index (Phi) is 9.84. The van der Waals surface area contributed by atoms with Crippen molar-refractivity contribution < 1.29 is 18.4 Å². The zero-order valence-corrected chi connectivity index (χ0v) is 34.9. The molecule has 4 nitrogen and oxygen atoms in total. The van der Waals surface area contributed by atoms with Crippen LogP contribution in [0.3, 0.4) is 0 Å². The Hall–Kier alpha value is 0.231. The standard InChI is InChI=1S/C37H72O4Si3/c1-26(2)39-42(11,12)25-37(38)24-27-23-28(40-43(13,14)33(3,4)5)19-21-35(27,9)30-20-22-36(10)29(32(30)37)17-18-31(36)41-44(15,16)34(6,7)8/h24,26,28-32,38H,17-23,25H2,1-16H3/t28-,29-,30-,31-,32-,35-,36-,37+/m0/s1. The molecule has 0 bridgehead atoms. The Bertz CT molecular complexity index is 1090. The van der Waals surface area contributed by atoms with Crippen molar-refractivity contribution >= 4 is 25.0 Å². The maximum atomic E-state index is 13.2. The normalized spacial score (nSPS) is 38.7. The highest BCUT2D eigenvalue weighted by Gasteiger charge is 2.66. The summed E-state index contributed by atoms with van der Waals surface area (Å²) in [6.45, 7) is 37.8. The minimum absolute atomic E-state index is 0.111. The Morgan fingerprint density at radius 1 is 0.818 bits per heavy atom. The molecule has 1 N–H and O–H groups in total. The maximum absolute atomic E-state index is 13.2. The van der Waals surface area contributed by atoms with Gasteiger partial charge < -0.3 is 18.4 Å². The van der Waals surface area contributed by atoms with Crippen molar-refractivity contribution in [2.24, 2.45) is 28.6 Å². The molecule has 0 aromatic rings. The molecule has 4 aliphatic carbocycles. The highest BCUT2D eigenvalue weighted by molar-refractivity contribution is 6.74. The average molecular weight is 665 g/mol. The molecule has 4 rings (SSSR count). The van der Waals surface area contributed by atoms with Gasteiger partial charge in [0.25, 0.3) is 0 Å². The molecule has 0 aromatic heterocycles. The van der Waals surface area contributed by atoms with Crippen LogP contribution < -0.4 is 0 Å². The Labute approximate surface area is 276 Å². The van der Waals surface area contributed by atoms with Crippen LogP contribution in [-0.4, -0.2) is 54.0 Å². The molecule has 0 amide bonds. The quantitative estimate of drug-likeness (QED) is 0.207. The third-order valence-electron chi connectivity index (χ3n) is 13.9. The molecule has 0 spiro atoms. The highest BCUT2D eigenvalue weighted by Crippen LogP contribution is 2.68. The van der Waals surface area contributed by atoms with E-state index in [1.54, 1.807) is 0 Å². The molecule has 256 valence electrons.